The zero-order chi connectivity index (χ0) is 15.8. The molecule has 0 amide bonds. The largest absolute Gasteiger partial charge is 0.545 e. The van der Waals surface area contributed by atoms with E-state index < -0.39 is 5.97 Å². The minimum absolute atomic E-state index is 0.0142. The summed E-state index contributed by atoms with van der Waals surface area (Å²) in [6.07, 6.45) is 1.45. The van der Waals surface area contributed by atoms with Gasteiger partial charge in [0.2, 0.25) is 0 Å². The van der Waals surface area contributed by atoms with Crippen molar-refractivity contribution in [2.45, 2.75) is 32.6 Å². The van der Waals surface area contributed by atoms with Crippen LogP contribution in [-0.4, -0.2) is 30.3 Å². The van der Waals surface area contributed by atoms with E-state index in [-0.39, 0.29) is 36.6 Å². The summed E-state index contributed by atoms with van der Waals surface area (Å²) in [5, 5.41) is 19.4. The Morgan fingerprint density at radius 3 is 2.38 bits per heavy atom. The molecule has 0 saturated carbocycles. The number of benzene rings is 1. The first-order valence-corrected chi connectivity index (χ1v) is 7.08. The van der Waals surface area contributed by atoms with Crippen LogP contribution in [0, 0.1) is 5.92 Å². The molecule has 1 rings (SSSR count). The minimum atomic E-state index is -1.20. The number of aromatic carboxylic acids is 1. The Morgan fingerprint density at radius 2 is 1.90 bits per heavy atom. The lowest BCUT2D eigenvalue weighted by atomic mass is 9.87. The third-order valence-corrected chi connectivity index (χ3v) is 3.49. The number of aliphatic hydroxyl groups is 1. The number of carboxylic acids is 1. The average molecular weight is 293 g/mol. The van der Waals surface area contributed by atoms with Gasteiger partial charge in [-0.05, 0) is 29.9 Å². The summed E-state index contributed by atoms with van der Waals surface area (Å²) in [5.74, 6) is -1.65. The van der Waals surface area contributed by atoms with Gasteiger partial charge in [0.1, 0.15) is 6.61 Å². The van der Waals surface area contributed by atoms with Crippen molar-refractivity contribution < 1.29 is 24.5 Å². The van der Waals surface area contributed by atoms with Crippen LogP contribution in [0.15, 0.2) is 24.3 Å². The Bertz CT molecular complexity index is 466. The number of esters is 1. The van der Waals surface area contributed by atoms with E-state index in [0.29, 0.717) is 6.42 Å². The Balaban J connectivity index is 2.69. The fourth-order valence-corrected chi connectivity index (χ4v) is 2.24. The SMILES string of the molecule is CCC(CC(C)C(=O)OCCO)c1ccc(C(=O)[O-])cc1. The molecule has 5 heteroatoms. The molecular weight excluding hydrogens is 272 g/mol. The summed E-state index contributed by atoms with van der Waals surface area (Å²) in [6, 6.07) is 6.54. The van der Waals surface area contributed by atoms with Crippen LogP contribution in [0.2, 0.25) is 0 Å². The second-order valence-electron chi connectivity index (χ2n) is 5.04. The summed E-state index contributed by atoms with van der Waals surface area (Å²) < 4.78 is 4.91. The van der Waals surface area contributed by atoms with Crippen LogP contribution in [0.5, 0.6) is 0 Å². The Hall–Kier alpha value is -1.88. The Labute approximate surface area is 124 Å². The van der Waals surface area contributed by atoms with Crippen LogP contribution in [-0.2, 0) is 9.53 Å². The first-order chi connectivity index (χ1) is 9.99. The first kappa shape index (κ1) is 17.2. The normalized spacial score (nSPS) is 13.5. The lowest BCUT2D eigenvalue weighted by molar-refractivity contribution is -0.255. The maximum Gasteiger partial charge on any atom is 0.308 e. The molecule has 1 aromatic rings. The molecule has 0 saturated heterocycles. The highest BCUT2D eigenvalue weighted by Crippen LogP contribution is 2.27. The molecule has 0 fully saturated rings. The van der Waals surface area contributed by atoms with Crippen molar-refractivity contribution in [1.29, 1.82) is 0 Å². The topological polar surface area (TPSA) is 86.7 Å². The van der Waals surface area contributed by atoms with Gasteiger partial charge in [0.05, 0.1) is 18.5 Å². The number of hydrogen-bond donors (Lipinski definition) is 1. The molecule has 0 spiro atoms. The number of ether oxygens (including phenoxy) is 1. The molecular formula is C16H21O5-. The van der Waals surface area contributed by atoms with Gasteiger partial charge in [-0.2, -0.15) is 0 Å². The molecule has 0 aliphatic heterocycles. The van der Waals surface area contributed by atoms with Crippen molar-refractivity contribution in [3.05, 3.63) is 35.4 Å². The molecule has 116 valence electrons. The van der Waals surface area contributed by atoms with E-state index in [1.54, 1.807) is 19.1 Å². The Kier molecular flexibility index (Phi) is 6.88. The molecule has 2 unspecified atom stereocenters. The molecule has 1 aromatic carbocycles. The van der Waals surface area contributed by atoms with Gasteiger partial charge in [-0.1, -0.05) is 38.1 Å². The maximum atomic E-state index is 11.7. The number of hydrogen-bond acceptors (Lipinski definition) is 5. The van der Waals surface area contributed by atoms with E-state index in [1.165, 1.54) is 12.1 Å². The van der Waals surface area contributed by atoms with Crippen molar-refractivity contribution in [1.82, 2.24) is 0 Å². The fraction of sp³-hybridized carbons (Fsp3) is 0.500. The molecule has 0 aromatic heterocycles. The summed E-state index contributed by atoms with van der Waals surface area (Å²) in [7, 11) is 0. The van der Waals surface area contributed by atoms with E-state index >= 15 is 0 Å². The van der Waals surface area contributed by atoms with Crippen LogP contribution in [0.3, 0.4) is 0 Å². The molecule has 0 heterocycles. The van der Waals surface area contributed by atoms with E-state index in [4.69, 9.17) is 9.84 Å². The second-order valence-corrected chi connectivity index (χ2v) is 5.04. The molecule has 1 N–H and O–H groups in total. The van der Waals surface area contributed by atoms with Crippen molar-refractivity contribution in [3.63, 3.8) is 0 Å². The molecule has 5 nitrogen and oxygen atoms in total. The zero-order valence-corrected chi connectivity index (χ0v) is 12.4. The minimum Gasteiger partial charge on any atom is -0.545 e. The number of aliphatic hydroxyl groups excluding tert-OH is 1. The van der Waals surface area contributed by atoms with Crippen molar-refractivity contribution in [3.8, 4) is 0 Å². The second kappa shape index (κ2) is 8.42. The summed E-state index contributed by atoms with van der Waals surface area (Å²) in [6.45, 7) is 3.64. The molecule has 0 aliphatic carbocycles. The smallest absolute Gasteiger partial charge is 0.308 e. The molecule has 21 heavy (non-hydrogen) atoms. The zero-order valence-electron chi connectivity index (χ0n) is 12.4. The number of rotatable bonds is 8. The van der Waals surface area contributed by atoms with Gasteiger partial charge in [0, 0.05) is 0 Å². The van der Waals surface area contributed by atoms with E-state index in [9.17, 15) is 14.7 Å². The van der Waals surface area contributed by atoms with Crippen LogP contribution in [0.25, 0.3) is 0 Å². The third-order valence-electron chi connectivity index (χ3n) is 3.49. The maximum absolute atomic E-state index is 11.7. The molecule has 0 bridgehead atoms. The lowest BCUT2D eigenvalue weighted by Crippen LogP contribution is -2.22. The fourth-order valence-electron chi connectivity index (χ4n) is 2.24. The van der Waals surface area contributed by atoms with Crippen molar-refractivity contribution in [2.24, 2.45) is 5.92 Å². The molecule has 0 radical (unpaired) electrons. The van der Waals surface area contributed by atoms with Crippen LogP contribution < -0.4 is 5.11 Å². The number of carbonyl (C=O) groups is 2. The van der Waals surface area contributed by atoms with Crippen LogP contribution in [0.4, 0.5) is 0 Å². The lowest BCUT2D eigenvalue weighted by Gasteiger charge is -2.19. The quantitative estimate of drug-likeness (QED) is 0.725. The van der Waals surface area contributed by atoms with Crippen LogP contribution in [0.1, 0.15) is 48.5 Å². The number of carboxylic acid groups (broad SMARTS) is 1. The van der Waals surface area contributed by atoms with E-state index in [1.807, 2.05) is 6.92 Å². The van der Waals surface area contributed by atoms with E-state index in [2.05, 4.69) is 0 Å². The first-order valence-electron chi connectivity index (χ1n) is 7.08. The highest BCUT2D eigenvalue weighted by molar-refractivity contribution is 5.85. The standard InChI is InChI=1S/C16H22O5/c1-3-12(10-11(2)16(20)21-9-8-17)13-4-6-14(7-5-13)15(18)19/h4-7,11-12,17H,3,8-10H2,1-2H3,(H,18,19)/p-1. The monoisotopic (exact) mass is 293 g/mol. The van der Waals surface area contributed by atoms with Gasteiger partial charge in [0.25, 0.3) is 0 Å². The Morgan fingerprint density at radius 1 is 1.29 bits per heavy atom. The van der Waals surface area contributed by atoms with Gasteiger partial charge >= 0.3 is 5.97 Å². The third kappa shape index (κ3) is 5.19. The van der Waals surface area contributed by atoms with Crippen molar-refractivity contribution >= 4 is 11.9 Å². The summed E-state index contributed by atoms with van der Waals surface area (Å²) in [4.78, 5) is 22.4. The van der Waals surface area contributed by atoms with Crippen molar-refractivity contribution in [2.75, 3.05) is 13.2 Å². The van der Waals surface area contributed by atoms with Gasteiger partial charge in [-0.25, -0.2) is 0 Å². The molecule has 2 atom stereocenters. The van der Waals surface area contributed by atoms with Gasteiger partial charge < -0.3 is 19.7 Å². The van der Waals surface area contributed by atoms with Crippen LogP contribution >= 0.6 is 0 Å². The summed E-state index contributed by atoms with van der Waals surface area (Å²) >= 11 is 0. The van der Waals surface area contributed by atoms with Gasteiger partial charge in [-0.15, -0.1) is 0 Å². The molecule has 0 aliphatic rings. The highest BCUT2D eigenvalue weighted by Gasteiger charge is 2.20. The highest BCUT2D eigenvalue weighted by atomic mass is 16.5. The van der Waals surface area contributed by atoms with E-state index in [0.717, 1.165) is 12.0 Å². The predicted molar refractivity (Wildman–Crippen MR) is 75.6 cm³/mol. The summed E-state index contributed by atoms with van der Waals surface area (Å²) in [5.41, 5.74) is 1.13. The average Bonchev–Trinajstić information content (AvgIpc) is 2.49. The number of carbonyl (C=O) groups excluding carboxylic acids is 2. The van der Waals surface area contributed by atoms with Gasteiger partial charge in [-0.3, -0.25) is 4.79 Å². The van der Waals surface area contributed by atoms with Gasteiger partial charge in [0.15, 0.2) is 0 Å². The predicted octanol–water partition coefficient (Wildman–Crippen LogP) is 1.11.